The van der Waals surface area contributed by atoms with Crippen LogP contribution in [0.25, 0.3) is 0 Å². The quantitative estimate of drug-likeness (QED) is 0.662. The molecule has 1 aliphatic rings. The molecule has 0 radical (unpaired) electrons. The van der Waals surface area contributed by atoms with Gasteiger partial charge in [-0.05, 0) is 24.6 Å². The third-order valence-electron chi connectivity index (χ3n) is 3.94. The van der Waals surface area contributed by atoms with Crippen LogP contribution >= 0.6 is 0 Å². The predicted octanol–water partition coefficient (Wildman–Crippen LogP) is 2.95. The van der Waals surface area contributed by atoms with Gasteiger partial charge in [0.1, 0.15) is 17.2 Å². The van der Waals surface area contributed by atoms with E-state index in [1.54, 1.807) is 12.1 Å². The van der Waals surface area contributed by atoms with Crippen molar-refractivity contribution in [2.75, 3.05) is 13.7 Å². The topological polar surface area (TPSA) is 85.2 Å². The number of methoxy groups -OCH3 is 1. The molecule has 0 unspecified atom stereocenters. The molecule has 0 spiro atoms. The van der Waals surface area contributed by atoms with Crippen LogP contribution in [0.2, 0.25) is 0 Å². The van der Waals surface area contributed by atoms with E-state index in [0.717, 1.165) is 5.56 Å². The molecule has 1 heterocycles. The first kappa shape index (κ1) is 16.0. The number of hydrogen-bond donors (Lipinski definition) is 2. The Morgan fingerprint density at radius 2 is 2.00 bits per heavy atom. The Balaban J connectivity index is 2.16. The van der Waals surface area contributed by atoms with Gasteiger partial charge in [-0.25, -0.2) is 0 Å². The van der Waals surface area contributed by atoms with E-state index in [-0.39, 0.29) is 29.6 Å². The number of ether oxygens (including phenoxy) is 3. The second kappa shape index (κ2) is 6.31. The van der Waals surface area contributed by atoms with Crippen molar-refractivity contribution in [3.63, 3.8) is 0 Å². The van der Waals surface area contributed by atoms with Gasteiger partial charge in [0.2, 0.25) is 0 Å². The summed E-state index contributed by atoms with van der Waals surface area (Å²) in [7, 11) is 1.46. The van der Waals surface area contributed by atoms with Crippen molar-refractivity contribution in [3.8, 4) is 28.7 Å². The molecule has 1 atom stereocenters. The predicted molar refractivity (Wildman–Crippen MR) is 86.0 cm³/mol. The number of fused-ring (bicyclic) bond motifs is 1. The second-order valence-corrected chi connectivity index (χ2v) is 5.45. The van der Waals surface area contributed by atoms with Crippen LogP contribution in [0.1, 0.15) is 30.4 Å². The monoisotopic (exact) mass is 330 g/mol. The fourth-order valence-corrected chi connectivity index (χ4v) is 2.92. The Hall–Kier alpha value is -2.89. The van der Waals surface area contributed by atoms with Gasteiger partial charge in [0, 0.05) is 23.6 Å². The largest absolute Gasteiger partial charge is 0.508 e. The van der Waals surface area contributed by atoms with Crippen molar-refractivity contribution in [3.05, 3.63) is 41.5 Å². The first-order valence-corrected chi connectivity index (χ1v) is 7.60. The van der Waals surface area contributed by atoms with Gasteiger partial charge in [0.25, 0.3) is 0 Å². The maximum absolute atomic E-state index is 12.0. The Kier molecular flexibility index (Phi) is 4.20. The molecule has 6 nitrogen and oxygen atoms in total. The molecule has 0 saturated carbocycles. The summed E-state index contributed by atoms with van der Waals surface area (Å²) in [5.41, 5.74) is 1.48. The zero-order valence-electron chi connectivity index (χ0n) is 13.4. The molecule has 6 heteroatoms. The van der Waals surface area contributed by atoms with Gasteiger partial charge < -0.3 is 24.4 Å². The van der Waals surface area contributed by atoms with Gasteiger partial charge in [-0.1, -0.05) is 6.07 Å². The van der Waals surface area contributed by atoms with Crippen LogP contribution in [0.3, 0.4) is 0 Å². The zero-order valence-corrected chi connectivity index (χ0v) is 13.4. The Morgan fingerprint density at radius 1 is 1.21 bits per heavy atom. The van der Waals surface area contributed by atoms with E-state index >= 15 is 0 Å². The summed E-state index contributed by atoms with van der Waals surface area (Å²) in [6, 6.07) is 7.85. The molecule has 2 N–H and O–H groups in total. The second-order valence-electron chi connectivity index (χ2n) is 5.45. The molecular weight excluding hydrogens is 312 g/mol. The van der Waals surface area contributed by atoms with E-state index in [4.69, 9.17) is 14.2 Å². The van der Waals surface area contributed by atoms with E-state index < -0.39 is 5.97 Å². The lowest BCUT2D eigenvalue weighted by Gasteiger charge is -2.27. The number of carbonyl (C=O) groups excluding carboxylic acids is 1. The smallest absolute Gasteiger partial charge is 0.312 e. The van der Waals surface area contributed by atoms with Crippen molar-refractivity contribution in [1.82, 2.24) is 0 Å². The third-order valence-corrected chi connectivity index (χ3v) is 3.94. The minimum atomic E-state index is -0.396. The fraction of sp³-hybridized carbons (Fsp3) is 0.278. The number of phenols is 2. The van der Waals surface area contributed by atoms with Crippen molar-refractivity contribution in [1.29, 1.82) is 0 Å². The van der Waals surface area contributed by atoms with Crippen molar-refractivity contribution < 1.29 is 29.2 Å². The molecule has 0 bridgehead atoms. The maximum Gasteiger partial charge on any atom is 0.312 e. The number of phenolic OH excluding ortho intramolecular Hbond substituents is 2. The molecule has 2 aromatic rings. The van der Waals surface area contributed by atoms with Gasteiger partial charge in [-0.15, -0.1) is 0 Å². The molecule has 0 aromatic heterocycles. The number of carbonyl (C=O) groups is 1. The van der Waals surface area contributed by atoms with Gasteiger partial charge in [-0.2, -0.15) is 0 Å². The van der Waals surface area contributed by atoms with Crippen LogP contribution in [-0.4, -0.2) is 29.9 Å². The van der Waals surface area contributed by atoms with Crippen LogP contribution in [0, 0.1) is 0 Å². The third kappa shape index (κ3) is 2.82. The number of rotatable bonds is 4. The first-order chi connectivity index (χ1) is 11.5. The van der Waals surface area contributed by atoms with E-state index in [1.165, 1.54) is 25.3 Å². The highest BCUT2D eigenvalue weighted by Crippen LogP contribution is 2.47. The van der Waals surface area contributed by atoms with E-state index in [2.05, 4.69) is 0 Å². The van der Waals surface area contributed by atoms with Crippen LogP contribution in [0.5, 0.6) is 28.7 Å². The fourth-order valence-electron chi connectivity index (χ4n) is 2.92. The Morgan fingerprint density at radius 3 is 2.71 bits per heavy atom. The lowest BCUT2D eigenvalue weighted by atomic mass is 9.85. The van der Waals surface area contributed by atoms with Gasteiger partial charge >= 0.3 is 5.97 Å². The van der Waals surface area contributed by atoms with E-state index in [1.807, 2.05) is 6.92 Å². The Labute approximate surface area is 139 Å². The molecule has 1 aliphatic heterocycles. The first-order valence-electron chi connectivity index (χ1n) is 7.60. The molecular formula is C18H18O6. The van der Waals surface area contributed by atoms with Crippen molar-refractivity contribution in [2.24, 2.45) is 0 Å². The highest BCUT2D eigenvalue weighted by molar-refractivity contribution is 5.79. The van der Waals surface area contributed by atoms with Crippen molar-refractivity contribution >= 4 is 5.97 Å². The minimum absolute atomic E-state index is 0.0237. The number of esters is 1. The highest BCUT2D eigenvalue weighted by Gasteiger charge is 2.32. The molecule has 3 rings (SSSR count). The molecule has 0 fully saturated rings. The molecule has 0 saturated heterocycles. The maximum atomic E-state index is 12.0. The lowest BCUT2D eigenvalue weighted by Crippen LogP contribution is -2.22. The standard InChI is InChI=1S/C18H18O6/c1-3-23-15-7-11(19)8-16-18(15)12(9-17(21)24-16)10-4-5-13(20)14(6-10)22-2/h4-8,12,19-20H,3,9H2,1-2H3/t12-/m0/s1. The van der Waals surface area contributed by atoms with Crippen molar-refractivity contribution in [2.45, 2.75) is 19.3 Å². The summed E-state index contributed by atoms with van der Waals surface area (Å²) < 4.78 is 16.0. The zero-order chi connectivity index (χ0) is 17.3. The van der Waals surface area contributed by atoms with E-state index in [0.29, 0.717) is 23.7 Å². The summed E-state index contributed by atoms with van der Waals surface area (Å²) in [5, 5.41) is 19.6. The summed E-state index contributed by atoms with van der Waals surface area (Å²) in [6.07, 6.45) is 0.131. The van der Waals surface area contributed by atoms with Crippen LogP contribution in [0.15, 0.2) is 30.3 Å². The summed E-state index contributed by atoms with van der Waals surface area (Å²) in [6.45, 7) is 2.25. The molecule has 0 amide bonds. The summed E-state index contributed by atoms with van der Waals surface area (Å²) in [4.78, 5) is 12.0. The van der Waals surface area contributed by atoms with E-state index in [9.17, 15) is 15.0 Å². The number of benzene rings is 2. The van der Waals surface area contributed by atoms with Crippen LogP contribution < -0.4 is 14.2 Å². The molecule has 2 aromatic carbocycles. The minimum Gasteiger partial charge on any atom is -0.508 e. The summed E-state index contributed by atoms with van der Waals surface area (Å²) in [5.74, 6) is 0.350. The average Bonchev–Trinajstić information content (AvgIpc) is 2.54. The lowest BCUT2D eigenvalue weighted by molar-refractivity contribution is -0.135. The Bertz CT molecular complexity index is 783. The number of hydrogen-bond acceptors (Lipinski definition) is 6. The molecule has 24 heavy (non-hydrogen) atoms. The van der Waals surface area contributed by atoms with Gasteiger partial charge in [0.05, 0.1) is 20.1 Å². The SMILES string of the molecule is CCOc1cc(O)cc2c1[C@H](c1ccc(O)c(OC)c1)CC(=O)O2. The molecule has 0 aliphatic carbocycles. The molecule has 126 valence electrons. The normalized spacial score (nSPS) is 16.2. The number of aromatic hydroxyl groups is 2. The van der Waals surface area contributed by atoms with Crippen LogP contribution in [0.4, 0.5) is 0 Å². The highest BCUT2D eigenvalue weighted by atomic mass is 16.5. The van der Waals surface area contributed by atoms with Gasteiger partial charge in [0.15, 0.2) is 11.5 Å². The summed E-state index contributed by atoms with van der Waals surface area (Å²) >= 11 is 0. The average molecular weight is 330 g/mol. The van der Waals surface area contributed by atoms with Crippen LogP contribution in [-0.2, 0) is 4.79 Å². The van der Waals surface area contributed by atoms with Gasteiger partial charge in [-0.3, -0.25) is 4.79 Å².